The summed E-state index contributed by atoms with van der Waals surface area (Å²) < 4.78 is 1.28. The van der Waals surface area contributed by atoms with Gasteiger partial charge in [-0.1, -0.05) is 19.1 Å². The molecule has 1 aromatic carbocycles. The standard InChI is InChI=1S/C17H20N2S2/c1-3-9-18-14(17-12(2)8-10-20-17)11-16-19-13-6-4-5-7-15(13)21-16/h4-8,10,14,18H,3,9,11H2,1-2H3. The Kier molecular flexibility index (Phi) is 4.68. The normalized spacial score (nSPS) is 12.9. The van der Waals surface area contributed by atoms with Crippen molar-refractivity contribution >= 4 is 32.9 Å². The third kappa shape index (κ3) is 3.34. The van der Waals surface area contributed by atoms with Gasteiger partial charge in [0.05, 0.1) is 15.2 Å². The highest BCUT2D eigenvalue weighted by atomic mass is 32.1. The predicted molar refractivity (Wildman–Crippen MR) is 93.4 cm³/mol. The van der Waals surface area contributed by atoms with E-state index in [2.05, 4.69) is 54.9 Å². The number of aromatic nitrogens is 1. The predicted octanol–water partition coefficient (Wildman–Crippen LogP) is 4.95. The first kappa shape index (κ1) is 14.7. The van der Waals surface area contributed by atoms with Gasteiger partial charge < -0.3 is 5.32 Å². The lowest BCUT2D eigenvalue weighted by atomic mass is 10.1. The molecule has 3 aromatic rings. The number of benzene rings is 1. The largest absolute Gasteiger partial charge is 0.309 e. The number of hydrogen-bond donors (Lipinski definition) is 1. The van der Waals surface area contributed by atoms with Crippen molar-refractivity contribution in [2.75, 3.05) is 6.54 Å². The number of thiazole rings is 1. The van der Waals surface area contributed by atoms with E-state index in [4.69, 9.17) is 4.98 Å². The quantitative estimate of drug-likeness (QED) is 0.696. The third-order valence-electron chi connectivity index (χ3n) is 3.58. The van der Waals surface area contributed by atoms with Crippen LogP contribution in [0.2, 0.25) is 0 Å². The van der Waals surface area contributed by atoms with E-state index in [1.807, 2.05) is 22.7 Å². The molecule has 2 aromatic heterocycles. The van der Waals surface area contributed by atoms with E-state index in [0.29, 0.717) is 6.04 Å². The van der Waals surface area contributed by atoms with Crippen molar-refractivity contribution in [1.29, 1.82) is 0 Å². The Balaban J connectivity index is 1.85. The minimum absolute atomic E-state index is 0.380. The molecule has 0 aliphatic heterocycles. The van der Waals surface area contributed by atoms with Gasteiger partial charge in [0.15, 0.2) is 0 Å². The molecule has 0 fully saturated rings. The number of aryl methyl sites for hydroxylation is 1. The van der Waals surface area contributed by atoms with Crippen LogP contribution >= 0.6 is 22.7 Å². The van der Waals surface area contributed by atoms with Gasteiger partial charge in [-0.15, -0.1) is 22.7 Å². The van der Waals surface area contributed by atoms with Crippen molar-refractivity contribution in [1.82, 2.24) is 10.3 Å². The van der Waals surface area contributed by atoms with Crippen molar-refractivity contribution in [2.24, 2.45) is 0 Å². The zero-order chi connectivity index (χ0) is 14.7. The van der Waals surface area contributed by atoms with E-state index < -0.39 is 0 Å². The summed E-state index contributed by atoms with van der Waals surface area (Å²) in [6.07, 6.45) is 2.13. The van der Waals surface area contributed by atoms with Gasteiger partial charge in [0.25, 0.3) is 0 Å². The molecule has 1 atom stereocenters. The summed E-state index contributed by atoms with van der Waals surface area (Å²) in [5.74, 6) is 0. The molecule has 0 aliphatic carbocycles. The van der Waals surface area contributed by atoms with Crippen LogP contribution in [0.5, 0.6) is 0 Å². The average Bonchev–Trinajstić information content (AvgIpc) is 3.08. The zero-order valence-corrected chi connectivity index (χ0v) is 14.1. The Bertz CT molecular complexity index is 681. The molecule has 0 bridgehead atoms. The molecular weight excluding hydrogens is 296 g/mol. The topological polar surface area (TPSA) is 24.9 Å². The molecule has 2 heterocycles. The Morgan fingerprint density at radius 3 is 2.81 bits per heavy atom. The zero-order valence-electron chi connectivity index (χ0n) is 12.4. The van der Waals surface area contributed by atoms with Gasteiger partial charge in [-0.2, -0.15) is 0 Å². The number of nitrogens with one attached hydrogen (secondary N) is 1. The smallest absolute Gasteiger partial charge is 0.0957 e. The van der Waals surface area contributed by atoms with Gasteiger partial charge in [0.1, 0.15) is 0 Å². The maximum Gasteiger partial charge on any atom is 0.0957 e. The van der Waals surface area contributed by atoms with Gasteiger partial charge >= 0.3 is 0 Å². The van der Waals surface area contributed by atoms with Crippen LogP contribution in [0, 0.1) is 6.92 Å². The maximum atomic E-state index is 4.78. The number of fused-ring (bicyclic) bond motifs is 1. The highest BCUT2D eigenvalue weighted by molar-refractivity contribution is 7.18. The molecule has 3 rings (SSSR count). The molecule has 0 saturated carbocycles. The van der Waals surface area contributed by atoms with Crippen molar-refractivity contribution in [2.45, 2.75) is 32.7 Å². The van der Waals surface area contributed by atoms with E-state index in [-0.39, 0.29) is 0 Å². The number of para-hydroxylation sites is 1. The molecule has 110 valence electrons. The summed E-state index contributed by atoms with van der Waals surface area (Å²) in [5, 5.41) is 7.09. The molecule has 0 amide bonds. The molecule has 1 N–H and O–H groups in total. The van der Waals surface area contributed by atoms with E-state index in [0.717, 1.165) is 24.9 Å². The first-order valence-corrected chi connectivity index (χ1v) is 9.09. The summed E-state index contributed by atoms with van der Waals surface area (Å²) in [6, 6.07) is 11.0. The molecule has 1 unspecified atom stereocenters. The van der Waals surface area contributed by atoms with Gasteiger partial charge in [-0.25, -0.2) is 4.98 Å². The molecule has 0 radical (unpaired) electrons. The number of nitrogens with zero attached hydrogens (tertiary/aromatic N) is 1. The number of rotatable bonds is 6. The van der Waals surface area contributed by atoms with Crippen molar-refractivity contribution in [3.8, 4) is 0 Å². The summed E-state index contributed by atoms with van der Waals surface area (Å²) in [4.78, 5) is 6.23. The van der Waals surface area contributed by atoms with Crippen molar-refractivity contribution in [3.63, 3.8) is 0 Å². The average molecular weight is 316 g/mol. The molecule has 0 saturated heterocycles. The minimum atomic E-state index is 0.380. The fourth-order valence-corrected chi connectivity index (χ4v) is 4.52. The fraction of sp³-hybridized carbons (Fsp3) is 0.353. The highest BCUT2D eigenvalue weighted by Crippen LogP contribution is 2.30. The van der Waals surface area contributed by atoms with Crippen molar-refractivity contribution in [3.05, 3.63) is 51.2 Å². The minimum Gasteiger partial charge on any atom is -0.309 e. The van der Waals surface area contributed by atoms with Crippen LogP contribution in [0.15, 0.2) is 35.7 Å². The number of thiophene rings is 1. The second kappa shape index (κ2) is 6.69. The van der Waals surface area contributed by atoms with E-state index in [1.165, 1.54) is 20.1 Å². The molecule has 2 nitrogen and oxygen atoms in total. The Hall–Kier alpha value is -1.23. The van der Waals surface area contributed by atoms with Gasteiger partial charge in [0.2, 0.25) is 0 Å². The second-order valence-corrected chi connectivity index (χ2v) is 7.32. The first-order chi connectivity index (χ1) is 10.3. The van der Waals surface area contributed by atoms with E-state index in [9.17, 15) is 0 Å². The van der Waals surface area contributed by atoms with E-state index >= 15 is 0 Å². The molecule has 4 heteroatoms. The highest BCUT2D eigenvalue weighted by Gasteiger charge is 2.17. The lowest BCUT2D eigenvalue weighted by Gasteiger charge is -2.17. The lowest BCUT2D eigenvalue weighted by molar-refractivity contribution is 0.534. The lowest BCUT2D eigenvalue weighted by Crippen LogP contribution is -2.23. The summed E-state index contributed by atoms with van der Waals surface area (Å²) in [7, 11) is 0. The molecule has 0 aliphatic rings. The van der Waals surface area contributed by atoms with Crippen LogP contribution in [-0.4, -0.2) is 11.5 Å². The van der Waals surface area contributed by atoms with Crippen LogP contribution in [0.25, 0.3) is 10.2 Å². The Morgan fingerprint density at radius 1 is 1.24 bits per heavy atom. The Morgan fingerprint density at radius 2 is 2.10 bits per heavy atom. The van der Waals surface area contributed by atoms with Crippen LogP contribution in [0.4, 0.5) is 0 Å². The molecule has 0 spiro atoms. The SMILES string of the molecule is CCCNC(Cc1nc2ccccc2s1)c1sccc1C. The van der Waals surface area contributed by atoms with Crippen LogP contribution in [-0.2, 0) is 6.42 Å². The fourth-order valence-electron chi connectivity index (χ4n) is 2.50. The maximum absolute atomic E-state index is 4.78. The van der Waals surface area contributed by atoms with Crippen molar-refractivity contribution < 1.29 is 0 Å². The van der Waals surface area contributed by atoms with Gasteiger partial charge in [-0.3, -0.25) is 0 Å². The summed E-state index contributed by atoms with van der Waals surface area (Å²) >= 11 is 3.66. The first-order valence-electron chi connectivity index (χ1n) is 7.39. The summed E-state index contributed by atoms with van der Waals surface area (Å²) in [5.41, 5.74) is 2.50. The monoisotopic (exact) mass is 316 g/mol. The van der Waals surface area contributed by atoms with Crippen LogP contribution in [0.3, 0.4) is 0 Å². The van der Waals surface area contributed by atoms with Crippen LogP contribution in [0.1, 0.15) is 34.8 Å². The Labute approximate surface area is 133 Å². The molecule has 21 heavy (non-hydrogen) atoms. The van der Waals surface area contributed by atoms with Crippen LogP contribution < -0.4 is 5.32 Å². The van der Waals surface area contributed by atoms with Gasteiger partial charge in [-0.05, 0) is 49.0 Å². The number of hydrogen-bond acceptors (Lipinski definition) is 4. The van der Waals surface area contributed by atoms with E-state index in [1.54, 1.807) is 0 Å². The summed E-state index contributed by atoms with van der Waals surface area (Å²) in [6.45, 7) is 5.46. The van der Waals surface area contributed by atoms with Gasteiger partial charge in [0, 0.05) is 17.3 Å². The second-order valence-electron chi connectivity index (χ2n) is 5.25. The third-order valence-corrected chi connectivity index (χ3v) is 5.77. The molecular formula is C17H20N2S2.